The number of carbonyl (C=O) groups is 3. The van der Waals surface area contributed by atoms with Gasteiger partial charge in [-0.25, -0.2) is 4.79 Å². The number of rotatable bonds is 3. The molecule has 2 aromatic carbocycles. The molecule has 0 fully saturated rings. The normalized spacial score (nSPS) is 14.3. The lowest BCUT2D eigenvalue weighted by molar-refractivity contribution is -0.128. The fourth-order valence-electron chi connectivity index (χ4n) is 3.30. The van der Waals surface area contributed by atoms with E-state index in [0.717, 1.165) is 0 Å². The van der Waals surface area contributed by atoms with Crippen molar-refractivity contribution in [3.05, 3.63) is 58.8 Å². The van der Waals surface area contributed by atoms with Gasteiger partial charge in [0.05, 0.1) is 11.4 Å². The summed E-state index contributed by atoms with van der Waals surface area (Å²) in [5.41, 5.74) is 2.16. The lowest BCUT2D eigenvalue weighted by Gasteiger charge is -2.30. The van der Waals surface area contributed by atoms with Crippen LogP contribution in [0.2, 0.25) is 5.02 Å². The number of fused-ring (bicyclic) bond motifs is 2. The summed E-state index contributed by atoms with van der Waals surface area (Å²) in [6, 6.07) is 12.0. The molecule has 0 bridgehead atoms. The molecule has 0 unspecified atom stereocenters. The van der Waals surface area contributed by atoms with E-state index in [1.807, 2.05) is 0 Å². The van der Waals surface area contributed by atoms with E-state index in [9.17, 15) is 14.4 Å². The van der Waals surface area contributed by atoms with Crippen molar-refractivity contribution in [3.8, 4) is 0 Å². The van der Waals surface area contributed by atoms with E-state index in [4.69, 9.17) is 20.8 Å². The van der Waals surface area contributed by atoms with Crippen LogP contribution in [-0.4, -0.2) is 30.4 Å². The Morgan fingerprint density at radius 3 is 2.79 bits per heavy atom. The van der Waals surface area contributed by atoms with Gasteiger partial charge in [0, 0.05) is 16.0 Å². The lowest BCUT2D eigenvalue weighted by atomic mass is 10.1. The molecule has 1 aliphatic rings. The molecule has 7 nitrogen and oxygen atoms in total. The van der Waals surface area contributed by atoms with Crippen LogP contribution in [0, 0.1) is 6.92 Å². The van der Waals surface area contributed by atoms with Crippen LogP contribution in [0.15, 0.2) is 46.9 Å². The molecule has 148 valence electrons. The van der Waals surface area contributed by atoms with Crippen LogP contribution in [-0.2, 0) is 14.3 Å². The number of nitrogens with zero attached hydrogens (tertiary/aromatic N) is 1. The van der Waals surface area contributed by atoms with E-state index in [1.54, 1.807) is 49.4 Å². The van der Waals surface area contributed by atoms with Gasteiger partial charge in [0.2, 0.25) is 11.7 Å². The second-order valence-electron chi connectivity index (χ2n) is 6.73. The molecule has 0 saturated carbocycles. The first-order valence-electron chi connectivity index (χ1n) is 8.95. The molecule has 0 aliphatic carbocycles. The van der Waals surface area contributed by atoms with Crippen LogP contribution in [0.3, 0.4) is 0 Å². The fraction of sp³-hybridized carbons (Fsp3) is 0.190. The van der Waals surface area contributed by atoms with Gasteiger partial charge in [-0.05, 0) is 44.2 Å². The van der Waals surface area contributed by atoms with Crippen molar-refractivity contribution in [1.82, 2.24) is 0 Å². The number of benzene rings is 2. The van der Waals surface area contributed by atoms with Crippen LogP contribution >= 0.6 is 11.6 Å². The smallest absolute Gasteiger partial charge is 0.375 e. The van der Waals surface area contributed by atoms with E-state index in [2.05, 4.69) is 5.32 Å². The van der Waals surface area contributed by atoms with Gasteiger partial charge in [0.25, 0.3) is 5.91 Å². The molecule has 3 aromatic rings. The predicted molar refractivity (Wildman–Crippen MR) is 108 cm³/mol. The number of para-hydroxylation sites is 2. The SMILES string of the molecule is Cc1c(C(=O)O[C@H](C)C(=O)N2CC(=O)Nc3ccccc32)oc2ccc(Cl)cc12. The zero-order chi connectivity index (χ0) is 20.7. The monoisotopic (exact) mass is 412 g/mol. The van der Waals surface area contributed by atoms with E-state index in [0.29, 0.717) is 32.9 Å². The molecule has 29 heavy (non-hydrogen) atoms. The third kappa shape index (κ3) is 3.45. The highest BCUT2D eigenvalue weighted by Crippen LogP contribution is 2.31. The summed E-state index contributed by atoms with van der Waals surface area (Å²) < 4.78 is 10.9. The van der Waals surface area contributed by atoms with Gasteiger partial charge in [0.15, 0.2) is 6.10 Å². The minimum absolute atomic E-state index is 0.0127. The quantitative estimate of drug-likeness (QED) is 0.658. The zero-order valence-electron chi connectivity index (χ0n) is 15.7. The molecule has 1 atom stereocenters. The van der Waals surface area contributed by atoms with Gasteiger partial charge in [0.1, 0.15) is 12.1 Å². The van der Waals surface area contributed by atoms with Crippen LogP contribution in [0.5, 0.6) is 0 Å². The zero-order valence-corrected chi connectivity index (χ0v) is 16.4. The average molecular weight is 413 g/mol. The highest BCUT2D eigenvalue weighted by atomic mass is 35.5. The predicted octanol–water partition coefficient (Wildman–Crippen LogP) is 3.93. The number of carbonyl (C=O) groups excluding carboxylic acids is 3. The van der Waals surface area contributed by atoms with Gasteiger partial charge < -0.3 is 14.5 Å². The van der Waals surface area contributed by atoms with Crippen molar-refractivity contribution in [1.29, 1.82) is 0 Å². The molecule has 1 N–H and O–H groups in total. The average Bonchev–Trinajstić information content (AvgIpc) is 3.02. The van der Waals surface area contributed by atoms with Crippen molar-refractivity contribution in [2.45, 2.75) is 20.0 Å². The molecule has 2 heterocycles. The van der Waals surface area contributed by atoms with Gasteiger partial charge in [-0.1, -0.05) is 23.7 Å². The number of nitrogens with one attached hydrogen (secondary N) is 1. The van der Waals surface area contributed by atoms with Gasteiger partial charge in [-0.2, -0.15) is 0 Å². The maximum atomic E-state index is 12.9. The summed E-state index contributed by atoms with van der Waals surface area (Å²) in [6.07, 6.45) is -1.11. The molecular formula is C21H17ClN2O5. The second kappa shape index (κ2) is 7.25. The Morgan fingerprint density at radius 2 is 2.00 bits per heavy atom. The Bertz CT molecular complexity index is 1150. The summed E-state index contributed by atoms with van der Waals surface area (Å²) in [5.74, 6) is -1.57. The molecule has 0 radical (unpaired) electrons. The minimum Gasteiger partial charge on any atom is -0.449 e. The van der Waals surface area contributed by atoms with Gasteiger partial charge in [-0.15, -0.1) is 0 Å². The van der Waals surface area contributed by atoms with E-state index >= 15 is 0 Å². The number of hydrogen-bond acceptors (Lipinski definition) is 5. The van der Waals surface area contributed by atoms with Crippen LogP contribution in [0.25, 0.3) is 11.0 Å². The third-order valence-corrected chi connectivity index (χ3v) is 4.99. The largest absolute Gasteiger partial charge is 0.449 e. The highest BCUT2D eigenvalue weighted by Gasteiger charge is 2.32. The summed E-state index contributed by atoms with van der Waals surface area (Å²) in [5, 5.41) is 3.93. The number of anilines is 2. The summed E-state index contributed by atoms with van der Waals surface area (Å²) in [4.78, 5) is 38.8. The van der Waals surface area contributed by atoms with Gasteiger partial charge >= 0.3 is 5.97 Å². The number of hydrogen-bond donors (Lipinski definition) is 1. The molecule has 8 heteroatoms. The molecule has 1 aliphatic heterocycles. The Morgan fingerprint density at radius 1 is 1.24 bits per heavy atom. The number of amides is 2. The highest BCUT2D eigenvalue weighted by molar-refractivity contribution is 6.31. The Labute approximate surface area is 171 Å². The number of ether oxygens (including phenoxy) is 1. The molecule has 0 saturated heterocycles. The summed E-state index contributed by atoms with van der Waals surface area (Å²) in [6.45, 7) is 3.03. The fourth-order valence-corrected chi connectivity index (χ4v) is 3.47. The van der Waals surface area contributed by atoms with Gasteiger partial charge in [-0.3, -0.25) is 14.5 Å². The topological polar surface area (TPSA) is 88.9 Å². The first-order valence-corrected chi connectivity index (χ1v) is 9.33. The van der Waals surface area contributed by atoms with E-state index in [-0.39, 0.29) is 18.2 Å². The maximum absolute atomic E-state index is 12.9. The number of esters is 1. The van der Waals surface area contributed by atoms with Crippen LogP contribution in [0.1, 0.15) is 23.0 Å². The first kappa shape index (κ1) is 19.0. The standard InChI is InChI=1S/C21H17ClN2O5/c1-11-14-9-13(22)7-8-17(14)29-19(11)21(27)28-12(2)20(26)24-10-18(25)23-15-5-3-4-6-16(15)24/h3-9,12H,10H2,1-2H3,(H,23,25)/t12-/m1/s1. The number of halogens is 1. The summed E-state index contributed by atoms with van der Waals surface area (Å²) >= 11 is 6.00. The third-order valence-electron chi connectivity index (χ3n) is 4.75. The molecule has 2 amide bonds. The Kier molecular flexibility index (Phi) is 4.76. The Hall–Kier alpha value is -3.32. The molecular weight excluding hydrogens is 396 g/mol. The minimum atomic E-state index is -1.11. The summed E-state index contributed by atoms with van der Waals surface area (Å²) in [7, 11) is 0. The van der Waals surface area contributed by atoms with Crippen molar-refractivity contribution in [2.75, 3.05) is 16.8 Å². The lowest BCUT2D eigenvalue weighted by Crippen LogP contribution is -2.47. The van der Waals surface area contributed by atoms with Crippen LogP contribution < -0.4 is 10.2 Å². The van der Waals surface area contributed by atoms with Crippen molar-refractivity contribution >= 4 is 51.7 Å². The van der Waals surface area contributed by atoms with Crippen molar-refractivity contribution in [3.63, 3.8) is 0 Å². The van der Waals surface area contributed by atoms with Crippen LogP contribution in [0.4, 0.5) is 11.4 Å². The molecule has 0 spiro atoms. The maximum Gasteiger partial charge on any atom is 0.375 e. The number of furan rings is 1. The van der Waals surface area contributed by atoms with E-state index in [1.165, 1.54) is 11.8 Å². The molecule has 1 aromatic heterocycles. The number of aryl methyl sites for hydroxylation is 1. The van der Waals surface area contributed by atoms with E-state index < -0.39 is 18.0 Å². The molecule has 4 rings (SSSR count). The van der Waals surface area contributed by atoms with Crippen molar-refractivity contribution < 1.29 is 23.5 Å². The second-order valence-corrected chi connectivity index (χ2v) is 7.17. The van der Waals surface area contributed by atoms with Crippen molar-refractivity contribution in [2.24, 2.45) is 0 Å². The Balaban J connectivity index is 1.56. The first-order chi connectivity index (χ1) is 13.8.